The Morgan fingerprint density at radius 2 is 2.10 bits per heavy atom. The highest BCUT2D eigenvalue weighted by molar-refractivity contribution is 14.0. The van der Waals surface area contributed by atoms with E-state index in [0.717, 1.165) is 61.2 Å². The topological polar surface area (TPSA) is 58.5 Å². The minimum absolute atomic E-state index is 0. The lowest BCUT2D eigenvalue weighted by atomic mass is 9.86. The van der Waals surface area contributed by atoms with Gasteiger partial charge in [0, 0.05) is 36.9 Å². The molecule has 1 aliphatic heterocycles. The van der Waals surface area contributed by atoms with Crippen LogP contribution in [-0.2, 0) is 6.42 Å². The van der Waals surface area contributed by atoms with E-state index < -0.39 is 0 Å². The molecule has 1 unspecified atom stereocenters. The lowest BCUT2D eigenvalue weighted by molar-refractivity contribution is 0.0396. The molecule has 29 heavy (non-hydrogen) atoms. The van der Waals surface area contributed by atoms with Gasteiger partial charge in [0.2, 0.25) is 0 Å². The second-order valence-corrected chi connectivity index (χ2v) is 8.86. The van der Waals surface area contributed by atoms with Gasteiger partial charge in [0.05, 0.1) is 16.7 Å². The number of aliphatic imine (C=N–C) groups is 1. The van der Waals surface area contributed by atoms with Crippen LogP contribution in [-0.4, -0.2) is 29.6 Å². The number of nitrogens with zero attached hydrogens (tertiary/aromatic N) is 2. The van der Waals surface area contributed by atoms with Crippen LogP contribution in [0, 0.1) is 6.92 Å². The van der Waals surface area contributed by atoms with Crippen LogP contribution in [0.1, 0.15) is 61.3 Å². The molecule has 1 atom stereocenters. The largest absolute Gasteiger partial charge is 0.487 e. The second kappa shape index (κ2) is 10.1. The molecule has 0 bridgehead atoms. The van der Waals surface area contributed by atoms with Crippen molar-refractivity contribution in [2.45, 2.75) is 64.0 Å². The fourth-order valence-electron chi connectivity index (χ4n) is 4.36. The summed E-state index contributed by atoms with van der Waals surface area (Å²) in [5, 5.41) is 10.4. The van der Waals surface area contributed by atoms with Crippen molar-refractivity contribution in [1.82, 2.24) is 15.6 Å². The molecule has 1 spiro atoms. The number of halogens is 1. The molecular formula is C22H31IN4OS. The number of para-hydroxylation sites is 1. The number of fused-ring (bicyclic) bond motifs is 1. The van der Waals surface area contributed by atoms with Gasteiger partial charge in [-0.3, -0.25) is 4.99 Å². The smallest absolute Gasteiger partial charge is 0.191 e. The van der Waals surface area contributed by atoms with E-state index in [1.165, 1.54) is 18.4 Å². The summed E-state index contributed by atoms with van der Waals surface area (Å²) in [6.07, 6.45) is 6.69. The van der Waals surface area contributed by atoms with E-state index in [2.05, 4.69) is 52.2 Å². The number of ether oxygens (including phenoxy) is 1. The van der Waals surface area contributed by atoms with Crippen molar-refractivity contribution in [2.75, 3.05) is 13.1 Å². The summed E-state index contributed by atoms with van der Waals surface area (Å²) >= 11 is 1.70. The molecule has 1 aromatic carbocycles. The van der Waals surface area contributed by atoms with Gasteiger partial charge >= 0.3 is 0 Å². The summed E-state index contributed by atoms with van der Waals surface area (Å²) in [6, 6.07) is 8.67. The number of benzene rings is 1. The van der Waals surface area contributed by atoms with Crippen molar-refractivity contribution in [3.63, 3.8) is 0 Å². The van der Waals surface area contributed by atoms with E-state index in [0.29, 0.717) is 0 Å². The number of nitrogens with one attached hydrogen (secondary N) is 2. The molecule has 7 heteroatoms. The van der Waals surface area contributed by atoms with Crippen molar-refractivity contribution in [2.24, 2.45) is 4.99 Å². The number of rotatable bonds is 5. The molecule has 2 aliphatic rings. The Morgan fingerprint density at radius 3 is 2.83 bits per heavy atom. The minimum atomic E-state index is -0.0124. The van der Waals surface area contributed by atoms with Gasteiger partial charge in [0.25, 0.3) is 0 Å². The zero-order valence-electron chi connectivity index (χ0n) is 17.2. The molecule has 4 rings (SSSR count). The normalized spacial score (nSPS) is 19.9. The summed E-state index contributed by atoms with van der Waals surface area (Å²) in [7, 11) is 0. The zero-order chi connectivity index (χ0) is 19.4. The van der Waals surface area contributed by atoms with Crippen molar-refractivity contribution < 1.29 is 4.74 Å². The lowest BCUT2D eigenvalue weighted by Gasteiger charge is -2.40. The summed E-state index contributed by atoms with van der Waals surface area (Å²) < 4.78 is 6.49. The average molecular weight is 526 g/mol. The first-order valence-electron chi connectivity index (χ1n) is 10.4. The van der Waals surface area contributed by atoms with E-state index in [-0.39, 0.29) is 35.6 Å². The van der Waals surface area contributed by atoms with Gasteiger partial charge in [-0.25, -0.2) is 4.98 Å². The molecular weight excluding hydrogens is 495 g/mol. The van der Waals surface area contributed by atoms with E-state index in [4.69, 9.17) is 9.73 Å². The first-order valence-corrected chi connectivity index (χ1v) is 11.3. The quantitative estimate of drug-likeness (QED) is 0.327. The maximum Gasteiger partial charge on any atom is 0.191 e. The molecule has 2 aromatic rings. The number of aromatic nitrogens is 1. The van der Waals surface area contributed by atoms with E-state index >= 15 is 0 Å². The first kappa shape index (κ1) is 22.3. The molecule has 2 heterocycles. The van der Waals surface area contributed by atoms with Gasteiger partial charge in [-0.05, 0) is 45.6 Å². The Hall–Kier alpha value is -1.35. The van der Waals surface area contributed by atoms with Gasteiger partial charge < -0.3 is 15.4 Å². The fraction of sp³-hybridized carbons (Fsp3) is 0.545. The molecule has 1 aromatic heterocycles. The van der Waals surface area contributed by atoms with Gasteiger partial charge in [-0.2, -0.15) is 0 Å². The predicted molar refractivity (Wildman–Crippen MR) is 131 cm³/mol. The Bertz CT molecular complexity index is 832. The third kappa shape index (κ3) is 5.42. The lowest BCUT2D eigenvalue weighted by Crippen LogP contribution is -2.46. The number of guanidine groups is 1. The third-order valence-corrected chi connectivity index (χ3v) is 6.49. The van der Waals surface area contributed by atoms with E-state index in [9.17, 15) is 0 Å². The highest BCUT2D eigenvalue weighted by Crippen LogP contribution is 2.46. The van der Waals surface area contributed by atoms with Crippen LogP contribution in [0.5, 0.6) is 5.75 Å². The molecule has 0 radical (unpaired) electrons. The highest BCUT2D eigenvalue weighted by Gasteiger charge is 2.43. The van der Waals surface area contributed by atoms with Gasteiger partial charge in [-0.15, -0.1) is 35.3 Å². The van der Waals surface area contributed by atoms with Crippen molar-refractivity contribution in [3.05, 3.63) is 45.9 Å². The van der Waals surface area contributed by atoms with Crippen molar-refractivity contribution in [1.29, 1.82) is 0 Å². The standard InChI is InChI=1S/C22H30N4OS.HI/c1-3-23-21(24-13-10-17-15-28-16(2)25-17)26-19-14-22(11-6-7-12-22)27-20-9-5-4-8-18(19)20;/h4-5,8-9,15,19H,3,6-7,10-14H2,1-2H3,(H2,23,24,26);1H. The zero-order valence-corrected chi connectivity index (χ0v) is 20.4. The number of hydrogen-bond donors (Lipinski definition) is 2. The van der Waals surface area contributed by atoms with Crippen molar-refractivity contribution in [3.8, 4) is 5.75 Å². The van der Waals surface area contributed by atoms with Crippen LogP contribution in [0.2, 0.25) is 0 Å². The molecule has 5 nitrogen and oxygen atoms in total. The molecule has 2 N–H and O–H groups in total. The Kier molecular flexibility index (Phi) is 7.79. The van der Waals surface area contributed by atoms with Crippen LogP contribution in [0.3, 0.4) is 0 Å². The summed E-state index contributed by atoms with van der Waals surface area (Å²) in [5.74, 6) is 1.91. The molecule has 1 saturated carbocycles. The van der Waals surface area contributed by atoms with Gasteiger partial charge in [0.15, 0.2) is 5.96 Å². The maximum atomic E-state index is 6.49. The summed E-state index contributed by atoms with van der Waals surface area (Å²) in [6.45, 7) is 5.73. The number of hydrogen-bond acceptors (Lipinski definition) is 4. The first-order chi connectivity index (χ1) is 13.7. The van der Waals surface area contributed by atoms with E-state index in [1.807, 2.05) is 6.92 Å². The van der Waals surface area contributed by atoms with Crippen LogP contribution < -0.4 is 15.4 Å². The van der Waals surface area contributed by atoms with Crippen molar-refractivity contribution >= 4 is 41.3 Å². The minimum Gasteiger partial charge on any atom is -0.487 e. The number of aryl methyl sites for hydroxylation is 1. The van der Waals surface area contributed by atoms with Crippen LogP contribution in [0.25, 0.3) is 0 Å². The summed E-state index contributed by atoms with van der Waals surface area (Å²) in [4.78, 5) is 9.36. The molecule has 0 saturated heterocycles. The maximum absolute atomic E-state index is 6.49. The molecule has 1 fully saturated rings. The van der Waals surface area contributed by atoms with Crippen LogP contribution in [0.15, 0.2) is 34.6 Å². The Labute approximate surface area is 194 Å². The fourth-order valence-corrected chi connectivity index (χ4v) is 5.01. The van der Waals surface area contributed by atoms with Crippen LogP contribution >= 0.6 is 35.3 Å². The van der Waals surface area contributed by atoms with Gasteiger partial charge in [0.1, 0.15) is 11.4 Å². The Morgan fingerprint density at radius 1 is 1.31 bits per heavy atom. The number of thiazole rings is 1. The molecule has 1 aliphatic carbocycles. The second-order valence-electron chi connectivity index (χ2n) is 7.80. The van der Waals surface area contributed by atoms with Crippen LogP contribution in [0.4, 0.5) is 0 Å². The molecule has 158 valence electrons. The van der Waals surface area contributed by atoms with Gasteiger partial charge in [-0.1, -0.05) is 18.2 Å². The highest BCUT2D eigenvalue weighted by atomic mass is 127. The summed E-state index contributed by atoms with van der Waals surface area (Å²) in [5.41, 5.74) is 2.35. The SMILES string of the molecule is CCNC(=NCCc1csc(C)n1)NC1CC2(CCCC2)Oc2ccccc21.I. The predicted octanol–water partition coefficient (Wildman–Crippen LogP) is 5.00. The third-order valence-electron chi connectivity index (χ3n) is 5.67. The Balaban J connectivity index is 0.00000240. The average Bonchev–Trinajstić information content (AvgIpc) is 3.31. The van der Waals surface area contributed by atoms with E-state index in [1.54, 1.807) is 11.3 Å². The monoisotopic (exact) mass is 526 g/mol. The molecule has 0 amide bonds.